The zero-order valence-corrected chi connectivity index (χ0v) is 9.15. The highest BCUT2D eigenvalue weighted by atomic mass is 16.4. The Morgan fingerprint density at radius 2 is 2.29 bits per heavy atom. The van der Waals surface area contributed by atoms with Gasteiger partial charge in [-0.1, -0.05) is 0 Å². The molecule has 6 nitrogen and oxygen atoms in total. The molecule has 0 aromatic carbocycles. The molecule has 17 heavy (non-hydrogen) atoms. The number of nitrogens with zero attached hydrogens (tertiary/aromatic N) is 4. The number of aliphatic carboxylic acids is 1. The zero-order chi connectivity index (χ0) is 11.8. The van der Waals surface area contributed by atoms with Gasteiger partial charge in [-0.25, -0.2) is 9.50 Å². The second kappa shape index (κ2) is 3.73. The SMILES string of the molecule is O=C(O)CC1CN(c2ccn3nccc3n2)C1. The van der Waals surface area contributed by atoms with E-state index in [9.17, 15) is 4.79 Å². The molecule has 3 heterocycles. The van der Waals surface area contributed by atoms with E-state index in [-0.39, 0.29) is 12.3 Å². The standard InChI is InChI=1S/C11H12N4O2/c16-11(17)5-8-6-14(7-8)9-2-4-15-10(13-9)1-3-12-15/h1-4,8H,5-7H2,(H,16,17). The van der Waals surface area contributed by atoms with Gasteiger partial charge < -0.3 is 10.0 Å². The van der Waals surface area contributed by atoms with Crippen molar-refractivity contribution in [1.29, 1.82) is 0 Å². The van der Waals surface area contributed by atoms with Crippen LogP contribution in [0, 0.1) is 5.92 Å². The first-order valence-corrected chi connectivity index (χ1v) is 5.49. The van der Waals surface area contributed by atoms with E-state index in [0.717, 1.165) is 24.6 Å². The first kappa shape index (κ1) is 10.1. The minimum atomic E-state index is -0.728. The van der Waals surface area contributed by atoms with Crippen molar-refractivity contribution in [2.45, 2.75) is 6.42 Å². The number of carboxylic acids is 1. The van der Waals surface area contributed by atoms with Crippen LogP contribution in [0.2, 0.25) is 0 Å². The topological polar surface area (TPSA) is 70.7 Å². The molecular weight excluding hydrogens is 220 g/mol. The van der Waals surface area contributed by atoms with Crippen molar-refractivity contribution < 1.29 is 9.90 Å². The fraction of sp³-hybridized carbons (Fsp3) is 0.364. The fourth-order valence-corrected chi connectivity index (χ4v) is 2.11. The Balaban J connectivity index is 1.71. The minimum absolute atomic E-state index is 0.241. The lowest BCUT2D eigenvalue weighted by atomic mass is 9.96. The number of hydrogen-bond donors (Lipinski definition) is 1. The molecule has 1 aliphatic heterocycles. The van der Waals surface area contributed by atoms with E-state index in [1.54, 1.807) is 10.7 Å². The highest BCUT2D eigenvalue weighted by Gasteiger charge is 2.29. The van der Waals surface area contributed by atoms with Crippen molar-refractivity contribution in [2.75, 3.05) is 18.0 Å². The molecule has 88 valence electrons. The first-order chi connectivity index (χ1) is 8.22. The van der Waals surface area contributed by atoms with Gasteiger partial charge in [0.05, 0.1) is 12.6 Å². The van der Waals surface area contributed by atoms with Gasteiger partial charge in [0.25, 0.3) is 0 Å². The Labute approximate surface area is 97.5 Å². The summed E-state index contributed by atoms with van der Waals surface area (Å²) >= 11 is 0. The average molecular weight is 232 g/mol. The van der Waals surface area contributed by atoms with Crippen molar-refractivity contribution in [2.24, 2.45) is 5.92 Å². The fourth-order valence-electron chi connectivity index (χ4n) is 2.11. The predicted octanol–water partition coefficient (Wildman–Crippen LogP) is 0.640. The molecule has 0 bridgehead atoms. The summed E-state index contributed by atoms with van der Waals surface area (Å²) in [5.41, 5.74) is 0.809. The van der Waals surface area contributed by atoms with Gasteiger partial charge in [-0.05, 0) is 6.07 Å². The van der Waals surface area contributed by atoms with Crippen molar-refractivity contribution in [3.8, 4) is 0 Å². The molecule has 2 aromatic heterocycles. The van der Waals surface area contributed by atoms with Crippen LogP contribution < -0.4 is 4.90 Å². The molecule has 0 atom stereocenters. The molecule has 0 spiro atoms. The Morgan fingerprint density at radius 3 is 3.06 bits per heavy atom. The monoisotopic (exact) mass is 232 g/mol. The predicted molar refractivity (Wildman–Crippen MR) is 60.9 cm³/mol. The molecule has 6 heteroatoms. The Kier molecular flexibility index (Phi) is 2.21. The maximum Gasteiger partial charge on any atom is 0.303 e. The average Bonchev–Trinajstić information content (AvgIpc) is 2.69. The summed E-state index contributed by atoms with van der Waals surface area (Å²) < 4.78 is 1.71. The molecule has 0 unspecified atom stereocenters. The number of anilines is 1. The largest absolute Gasteiger partial charge is 0.481 e. The van der Waals surface area contributed by atoms with Gasteiger partial charge in [0.1, 0.15) is 5.82 Å². The van der Waals surface area contributed by atoms with Crippen LogP contribution in [-0.2, 0) is 4.79 Å². The maximum atomic E-state index is 10.5. The van der Waals surface area contributed by atoms with Crippen LogP contribution in [0.3, 0.4) is 0 Å². The van der Waals surface area contributed by atoms with Gasteiger partial charge in [0.2, 0.25) is 0 Å². The third-order valence-corrected chi connectivity index (χ3v) is 2.99. The molecule has 0 saturated carbocycles. The number of fused-ring (bicyclic) bond motifs is 1. The molecular formula is C11H12N4O2. The van der Waals surface area contributed by atoms with Crippen molar-refractivity contribution >= 4 is 17.4 Å². The van der Waals surface area contributed by atoms with Crippen LogP contribution in [0.15, 0.2) is 24.5 Å². The molecule has 1 aliphatic rings. The number of hydrogen-bond acceptors (Lipinski definition) is 4. The molecule has 0 aliphatic carbocycles. The molecule has 1 N–H and O–H groups in total. The normalized spacial score (nSPS) is 16.1. The quantitative estimate of drug-likeness (QED) is 0.840. The number of rotatable bonds is 3. The van der Waals surface area contributed by atoms with E-state index in [0.29, 0.717) is 0 Å². The van der Waals surface area contributed by atoms with Gasteiger partial charge in [-0.15, -0.1) is 0 Å². The summed E-state index contributed by atoms with van der Waals surface area (Å²) in [4.78, 5) is 17.1. The van der Waals surface area contributed by atoms with E-state index < -0.39 is 5.97 Å². The smallest absolute Gasteiger partial charge is 0.303 e. The van der Waals surface area contributed by atoms with Crippen molar-refractivity contribution in [3.05, 3.63) is 24.5 Å². The molecule has 1 saturated heterocycles. The van der Waals surface area contributed by atoms with Crippen molar-refractivity contribution in [1.82, 2.24) is 14.6 Å². The highest BCUT2D eigenvalue weighted by molar-refractivity contribution is 5.67. The Morgan fingerprint density at radius 1 is 1.47 bits per heavy atom. The Bertz CT molecular complexity index is 559. The minimum Gasteiger partial charge on any atom is -0.481 e. The van der Waals surface area contributed by atoms with E-state index in [4.69, 9.17) is 5.11 Å². The van der Waals surface area contributed by atoms with Crippen molar-refractivity contribution in [3.63, 3.8) is 0 Å². The van der Waals surface area contributed by atoms with Crippen LogP contribution >= 0.6 is 0 Å². The lowest BCUT2D eigenvalue weighted by molar-refractivity contribution is -0.138. The van der Waals surface area contributed by atoms with E-state index in [1.807, 2.05) is 18.3 Å². The van der Waals surface area contributed by atoms with E-state index >= 15 is 0 Å². The molecule has 3 rings (SSSR count). The van der Waals surface area contributed by atoms with Crippen LogP contribution in [0.1, 0.15) is 6.42 Å². The van der Waals surface area contributed by atoms with Gasteiger partial charge in [-0.3, -0.25) is 4.79 Å². The lowest BCUT2D eigenvalue weighted by Gasteiger charge is -2.39. The van der Waals surface area contributed by atoms with E-state index in [2.05, 4.69) is 15.0 Å². The number of aromatic nitrogens is 3. The van der Waals surface area contributed by atoms with Gasteiger partial charge in [0.15, 0.2) is 5.65 Å². The van der Waals surface area contributed by atoms with Crippen LogP contribution in [0.25, 0.3) is 5.65 Å². The van der Waals surface area contributed by atoms with Crippen LogP contribution in [0.5, 0.6) is 0 Å². The molecule has 2 aromatic rings. The maximum absolute atomic E-state index is 10.5. The van der Waals surface area contributed by atoms with Gasteiger partial charge in [-0.2, -0.15) is 5.10 Å². The Hall–Kier alpha value is -2.11. The first-order valence-electron chi connectivity index (χ1n) is 5.49. The molecule has 0 radical (unpaired) electrons. The lowest BCUT2D eigenvalue weighted by Crippen LogP contribution is -2.48. The second-order valence-electron chi connectivity index (χ2n) is 4.29. The summed E-state index contributed by atoms with van der Waals surface area (Å²) in [6.45, 7) is 1.53. The zero-order valence-electron chi connectivity index (χ0n) is 9.15. The number of carboxylic acid groups (broad SMARTS) is 1. The van der Waals surface area contributed by atoms with Crippen LogP contribution in [-0.4, -0.2) is 38.8 Å². The van der Waals surface area contributed by atoms with Gasteiger partial charge in [0, 0.05) is 31.3 Å². The molecule has 0 amide bonds. The van der Waals surface area contributed by atoms with E-state index in [1.165, 1.54) is 0 Å². The summed E-state index contributed by atoms with van der Waals surface area (Å²) in [7, 11) is 0. The third-order valence-electron chi connectivity index (χ3n) is 2.99. The number of carbonyl (C=O) groups is 1. The summed E-state index contributed by atoms with van der Waals surface area (Å²) in [6, 6.07) is 3.75. The van der Waals surface area contributed by atoms with Gasteiger partial charge >= 0.3 is 5.97 Å². The third kappa shape index (κ3) is 1.82. The summed E-state index contributed by atoms with van der Waals surface area (Å²) in [6.07, 6.45) is 3.81. The summed E-state index contributed by atoms with van der Waals surface area (Å²) in [5.74, 6) is 0.406. The highest BCUT2D eigenvalue weighted by Crippen LogP contribution is 2.24. The summed E-state index contributed by atoms with van der Waals surface area (Å²) in [5, 5.41) is 12.7. The second-order valence-corrected chi connectivity index (χ2v) is 4.29. The molecule has 1 fully saturated rings. The van der Waals surface area contributed by atoms with Crippen LogP contribution in [0.4, 0.5) is 5.82 Å².